The molecule has 0 atom stereocenters. The predicted molar refractivity (Wildman–Crippen MR) is 55.1 cm³/mol. The van der Waals surface area contributed by atoms with Crippen molar-refractivity contribution >= 4 is 5.82 Å². The first-order valence-electron chi connectivity index (χ1n) is 5.12. The fourth-order valence-corrected chi connectivity index (χ4v) is 2.17. The van der Waals surface area contributed by atoms with Crippen LogP contribution < -0.4 is 11.3 Å². The number of aromatic nitrogens is 2. The zero-order valence-corrected chi connectivity index (χ0v) is 8.12. The van der Waals surface area contributed by atoms with E-state index in [0.29, 0.717) is 11.7 Å². The van der Waals surface area contributed by atoms with Gasteiger partial charge in [-0.05, 0) is 18.8 Å². The highest BCUT2D eigenvalue weighted by Crippen LogP contribution is 2.33. The van der Waals surface area contributed by atoms with Gasteiger partial charge in [-0.3, -0.25) is 4.79 Å². The number of nitrogens with two attached hydrogens (primary N) is 1. The molecule has 2 rings (SSSR count). The summed E-state index contributed by atoms with van der Waals surface area (Å²) < 4.78 is 0. The molecule has 0 spiro atoms. The molecule has 1 aromatic heterocycles. The lowest BCUT2D eigenvalue weighted by Crippen LogP contribution is -2.15. The Bertz CT molecular complexity index is 366. The van der Waals surface area contributed by atoms with Crippen molar-refractivity contribution in [1.82, 2.24) is 10.2 Å². The molecule has 0 amide bonds. The molecule has 0 aliphatic heterocycles. The van der Waals surface area contributed by atoms with E-state index in [9.17, 15) is 4.79 Å². The number of hydrogen-bond donors (Lipinski definition) is 2. The second-order valence-corrected chi connectivity index (χ2v) is 3.91. The summed E-state index contributed by atoms with van der Waals surface area (Å²) in [6.45, 7) is 0. The Labute approximate surface area is 82.5 Å². The Morgan fingerprint density at radius 2 is 2.07 bits per heavy atom. The second-order valence-electron chi connectivity index (χ2n) is 3.91. The molecule has 0 radical (unpaired) electrons. The van der Waals surface area contributed by atoms with Crippen molar-refractivity contribution in [2.75, 3.05) is 5.73 Å². The van der Waals surface area contributed by atoms with Gasteiger partial charge >= 0.3 is 0 Å². The Balaban J connectivity index is 2.29. The van der Waals surface area contributed by atoms with Crippen LogP contribution in [-0.4, -0.2) is 10.2 Å². The monoisotopic (exact) mass is 193 g/mol. The minimum atomic E-state index is -0.153. The van der Waals surface area contributed by atoms with Gasteiger partial charge in [0, 0.05) is 11.6 Å². The van der Waals surface area contributed by atoms with E-state index in [1.54, 1.807) is 6.07 Å². The zero-order valence-electron chi connectivity index (χ0n) is 8.12. The van der Waals surface area contributed by atoms with Gasteiger partial charge in [0.2, 0.25) is 0 Å². The standard InChI is InChI=1S/C10H15N3O/c11-10-8(6-9(14)12-13-10)7-4-2-1-3-5-7/h6-7H,1-5H2,(H2,11,13)(H,12,14). The van der Waals surface area contributed by atoms with Crippen LogP contribution in [0.5, 0.6) is 0 Å². The van der Waals surface area contributed by atoms with Crippen LogP contribution in [0.3, 0.4) is 0 Å². The average Bonchev–Trinajstić information content (AvgIpc) is 2.23. The number of hydrogen-bond acceptors (Lipinski definition) is 3. The first kappa shape index (κ1) is 9.24. The van der Waals surface area contributed by atoms with Crippen molar-refractivity contribution in [3.63, 3.8) is 0 Å². The highest BCUT2D eigenvalue weighted by molar-refractivity contribution is 5.39. The fraction of sp³-hybridized carbons (Fsp3) is 0.600. The SMILES string of the molecule is Nc1n[nH]c(=O)cc1C1CCCCC1. The van der Waals surface area contributed by atoms with E-state index in [-0.39, 0.29) is 5.56 Å². The summed E-state index contributed by atoms with van der Waals surface area (Å²) in [6.07, 6.45) is 6.03. The third-order valence-electron chi connectivity index (χ3n) is 2.91. The lowest BCUT2D eigenvalue weighted by molar-refractivity contribution is 0.443. The normalized spacial score (nSPS) is 18.3. The Hall–Kier alpha value is -1.32. The molecule has 1 aliphatic rings. The molecule has 1 heterocycles. The van der Waals surface area contributed by atoms with Crippen LogP contribution in [0.25, 0.3) is 0 Å². The molecule has 1 aliphatic carbocycles. The third-order valence-corrected chi connectivity index (χ3v) is 2.91. The Morgan fingerprint density at radius 1 is 1.36 bits per heavy atom. The van der Waals surface area contributed by atoms with Crippen molar-refractivity contribution in [3.8, 4) is 0 Å². The van der Waals surface area contributed by atoms with Gasteiger partial charge in [0.05, 0.1) is 0 Å². The maximum Gasteiger partial charge on any atom is 0.264 e. The van der Waals surface area contributed by atoms with Gasteiger partial charge in [0.1, 0.15) is 5.82 Å². The molecule has 1 fully saturated rings. The summed E-state index contributed by atoms with van der Waals surface area (Å²) in [5, 5.41) is 6.14. The third kappa shape index (κ3) is 1.78. The van der Waals surface area contributed by atoms with E-state index in [2.05, 4.69) is 10.2 Å². The topological polar surface area (TPSA) is 71.8 Å². The fourth-order valence-electron chi connectivity index (χ4n) is 2.17. The van der Waals surface area contributed by atoms with Gasteiger partial charge < -0.3 is 5.73 Å². The molecule has 1 aromatic rings. The average molecular weight is 193 g/mol. The summed E-state index contributed by atoms with van der Waals surface area (Å²) in [6, 6.07) is 1.60. The number of rotatable bonds is 1. The number of nitrogens with zero attached hydrogens (tertiary/aromatic N) is 1. The molecular weight excluding hydrogens is 178 g/mol. The molecule has 0 aromatic carbocycles. The summed E-state index contributed by atoms with van der Waals surface area (Å²) in [5.41, 5.74) is 6.52. The van der Waals surface area contributed by atoms with Crippen molar-refractivity contribution < 1.29 is 0 Å². The lowest BCUT2D eigenvalue weighted by Gasteiger charge is -2.22. The zero-order chi connectivity index (χ0) is 9.97. The van der Waals surface area contributed by atoms with Crippen LogP contribution in [0.15, 0.2) is 10.9 Å². The quantitative estimate of drug-likeness (QED) is 0.708. The molecule has 4 nitrogen and oxygen atoms in total. The molecular formula is C10H15N3O. The van der Waals surface area contributed by atoms with Crippen molar-refractivity contribution in [2.24, 2.45) is 0 Å². The highest BCUT2D eigenvalue weighted by atomic mass is 16.1. The first-order chi connectivity index (χ1) is 6.77. The molecule has 4 heteroatoms. The number of nitrogens with one attached hydrogen (secondary N) is 1. The first-order valence-corrected chi connectivity index (χ1v) is 5.12. The van der Waals surface area contributed by atoms with Gasteiger partial charge in [0.25, 0.3) is 5.56 Å². The van der Waals surface area contributed by atoms with E-state index in [1.807, 2.05) is 0 Å². The van der Waals surface area contributed by atoms with Crippen LogP contribution in [0.4, 0.5) is 5.82 Å². The van der Waals surface area contributed by atoms with Gasteiger partial charge in [-0.15, -0.1) is 0 Å². The number of nitrogen functional groups attached to an aromatic ring is 1. The van der Waals surface area contributed by atoms with Gasteiger partial charge in [-0.2, -0.15) is 5.10 Å². The molecule has 3 N–H and O–H groups in total. The van der Waals surface area contributed by atoms with Crippen LogP contribution >= 0.6 is 0 Å². The predicted octanol–water partition coefficient (Wildman–Crippen LogP) is 1.40. The molecule has 0 saturated heterocycles. The van der Waals surface area contributed by atoms with Gasteiger partial charge in [-0.1, -0.05) is 19.3 Å². The van der Waals surface area contributed by atoms with Crippen molar-refractivity contribution in [3.05, 3.63) is 22.0 Å². The minimum Gasteiger partial charge on any atom is -0.382 e. The summed E-state index contributed by atoms with van der Waals surface area (Å²) in [4.78, 5) is 11.1. The Kier molecular flexibility index (Phi) is 2.52. The van der Waals surface area contributed by atoms with E-state index in [4.69, 9.17) is 5.73 Å². The number of H-pyrrole nitrogens is 1. The van der Waals surface area contributed by atoms with E-state index < -0.39 is 0 Å². The summed E-state index contributed by atoms with van der Waals surface area (Å²) >= 11 is 0. The smallest absolute Gasteiger partial charge is 0.264 e. The lowest BCUT2D eigenvalue weighted by atomic mass is 9.84. The largest absolute Gasteiger partial charge is 0.382 e. The van der Waals surface area contributed by atoms with Crippen molar-refractivity contribution in [2.45, 2.75) is 38.0 Å². The molecule has 76 valence electrons. The minimum absolute atomic E-state index is 0.153. The van der Waals surface area contributed by atoms with E-state index in [0.717, 1.165) is 18.4 Å². The Morgan fingerprint density at radius 3 is 2.79 bits per heavy atom. The highest BCUT2D eigenvalue weighted by Gasteiger charge is 2.18. The molecule has 0 unspecified atom stereocenters. The van der Waals surface area contributed by atoms with Gasteiger partial charge in [0.15, 0.2) is 0 Å². The summed E-state index contributed by atoms with van der Waals surface area (Å²) in [5.74, 6) is 0.926. The molecule has 0 bridgehead atoms. The maximum atomic E-state index is 11.1. The number of aromatic amines is 1. The van der Waals surface area contributed by atoms with E-state index >= 15 is 0 Å². The van der Waals surface area contributed by atoms with Crippen LogP contribution in [0, 0.1) is 0 Å². The van der Waals surface area contributed by atoms with E-state index in [1.165, 1.54) is 19.3 Å². The second kappa shape index (κ2) is 3.82. The van der Waals surface area contributed by atoms with Gasteiger partial charge in [-0.25, -0.2) is 5.10 Å². The number of anilines is 1. The van der Waals surface area contributed by atoms with Crippen LogP contribution in [0.1, 0.15) is 43.6 Å². The van der Waals surface area contributed by atoms with Crippen LogP contribution in [0.2, 0.25) is 0 Å². The van der Waals surface area contributed by atoms with Crippen LogP contribution in [-0.2, 0) is 0 Å². The maximum absolute atomic E-state index is 11.1. The summed E-state index contributed by atoms with van der Waals surface area (Å²) in [7, 11) is 0. The molecule has 1 saturated carbocycles. The van der Waals surface area contributed by atoms with Crippen molar-refractivity contribution in [1.29, 1.82) is 0 Å². The molecule has 14 heavy (non-hydrogen) atoms.